The molecule has 0 bridgehead atoms. The molecule has 1 aliphatic heterocycles. The monoisotopic (exact) mass is 535 g/mol. The smallest absolute Gasteiger partial charge is 0.223 e. The molecule has 2 amide bonds. The molecule has 3 aromatic rings. The Kier molecular flexibility index (Phi) is 9.23. The molecule has 2 aromatic carbocycles. The van der Waals surface area contributed by atoms with E-state index < -0.39 is 0 Å². The third kappa shape index (κ3) is 6.83. The molecule has 38 heavy (non-hydrogen) atoms. The molecule has 2 heterocycles. The molecule has 0 atom stereocenters. The SMILES string of the molecule is CC(=O)N1CCCN(Cc2ccccc2)CCN(C(=O)CCc2c(C)nn(C)c2C)Cc2cc(Cl)ccc21. The summed E-state index contributed by atoms with van der Waals surface area (Å²) in [6.07, 6.45) is 1.89. The maximum atomic E-state index is 13.7. The van der Waals surface area contributed by atoms with Crippen molar-refractivity contribution in [3.63, 3.8) is 0 Å². The fraction of sp³-hybridized carbons (Fsp3) is 0.433. The number of hydrogen-bond acceptors (Lipinski definition) is 4. The molecule has 0 aliphatic carbocycles. The van der Waals surface area contributed by atoms with E-state index in [2.05, 4.69) is 34.3 Å². The van der Waals surface area contributed by atoms with Crippen LogP contribution in [-0.4, -0.2) is 57.6 Å². The molecule has 1 aromatic heterocycles. The van der Waals surface area contributed by atoms with Crippen LogP contribution in [0.25, 0.3) is 0 Å². The predicted molar refractivity (Wildman–Crippen MR) is 152 cm³/mol. The summed E-state index contributed by atoms with van der Waals surface area (Å²) in [5, 5.41) is 5.11. The summed E-state index contributed by atoms with van der Waals surface area (Å²) < 4.78 is 1.87. The largest absolute Gasteiger partial charge is 0.337 e. The number of carbonyl (C=O) groups is 2. The number of benzene rings is 2. The summed E-state index contributed by atoms with van der Waals surface area (Å²) >= 11 is 6.40. The summed E-state index contributed by atoms with van der Waals surface area (Å²) in [5.41, 5.74) is 6.16. The fourth-order valence-corrected chi connectivity index (χ4v) is 5.48. The van der Waals surface area contributed by atoms with Gasteiger partial charge in [0.15, 0.2) is 0 Å². The number of hydrogen-bond donors (Lipinski definition) is 0. The van der Waals surface area contributed by atoms with Crippen LogP contribution < -0.4 is 4.90 Å². The number of nitrogens with zero attached hydrogens (tertiary/aromatic N) is 5. The van der Waals surface area contributed by atoms with Gasteiger partial charge in [-0.1, -0.05) is 41.9 Å². The van der Waals surface area contributed by atoms with Gasteiger partial charge in [0.25, 0.3) is 0 Å². The standard InChI is InChI=1S/C30H38ClN5O2/c1-22-28(23(2)33(4)32-22)12-14-30(38)35-18-17-34(20-25-9-6-5-7-10-25)15-8-16-36(24(3)37)29-13-11-27(31)19-26(29)21-35/h5-7,9-11,13,19H,8,12,14-18,20-21H2,1-4H3. The zero-order chi connectivity index (χ0) is 27.2. The Balaban J connectivity index is 1.61. The van der Waals surface area contributed by atoms with E-state index in [4.69, 9.17) is 11.6 Å². The number of rotatable bonds is 5. The van der Waals surface area contributed by atoms with Gasteiger partial charge >= 0.3 is 0 Å². The van der Waals surface area contributed by atoms with E-state index in [1.165, 1.54) is 5.56 Å². The first-order chi connectivity index (χ1) is 18.2. The quantitative estimate of drug-likeness (QED) is 0.466. The number of carbonyl (C=O) groups excluding carboxylic acids is 2. The van der Waals surface area contributed by atoms with Gasteiger partial charge in [0.1, 0.15) is 0 Å². The average Bonchev–Trinajstić information content (AvgIpc) is 3.11. The number of anilines is 1. The van der Waals surface area contributed by atoms with Gasteiger partial charge in [0, 0.05) is 76.1 Å². The Morgan fingerprint density at radius 1 is 1.00 bits per heavy atom. The van der Waals surface area contributed by atoms with Crippen LogP contribution in [0.15, 0.2) is 48.5 Å². The zero-order valence-electron chi connectivity index (χ0n) is 22.9. The number of amides is 2. The van der Waals surface area contributed by atoms with Crippen molar-refractivity contribution >= 4 is 29.1 Å². The van der Waals surface area contributed by atoms with E-state index >= 15 is 0 Å². The van der Waals surface area contributed by atoms with Gasteiger partial charge in [0.05, 0.1) is 5.69 Å². The molecule has 0 saturated carbocycles. The lowest BCUT2D eigenvalue weighted by molar-refractivity contribution is -0.132. The second-order valence-electron chi connectivity index (χ2n) is 10.1. The van der Waals surface area contributed by atoms with Gasteiger partial charge in [-0.15, -0.1) is 0 Å². The molecule has 7 nitrogen and oxygen atoms in total. The highest BCUT2D eigenvalue weighted by molar-refractivity contribution is 6.30. The molecule has 0 N–H and O–H groups in total. The van der Waals surface area contributed by atoms with Gasteiger partial charge in [-0.25, -0.2) is 0 Å². The fourth-order valence-electron chi connectivity index (χ4n) is 5.28. The summed E-state index contributed by atoms with van der Waals surface area (Å²) in [4.78, 5) is 32.5. The van der Waals surface area contributed by atoms with Gasteiger partial charge in [-0.2, -0.15) is 5.10 Å². The summed E-state index contributed by atoms with van der Waals surface area (Å²) in [7, 11) is 1.93. The van der Waals surface area contributed by atoms with E-state index in [1.54, 1.807) is 6.92 Å². The van der Waals surface area contributed by atoms with Crippen molar-refractivity contribution in [2.45, 2.75) is 53.1 Å². The maximum absolute atomic E-state index is 13.7. The van der Waals surface area contributed by atoms with Gasteiger partial charge in [0.2, 0.25) is 11.8 Å². The first-order valence-corrected chi connectivity index (χ1v) is 13.7. The third-order valence-corrected chi connectivity index (χ3v) is 7.70. The molecule has 0 saturated heterocycles. The van der Waals surface area contributed by atoms with Crippen molar-refractivity contribution in [1.29, 1.82) is 0 Å². The van der Waals surface area contributed by atoms with E-state index in [1.807, 2.05) is 59.6 Å². The molecule has 0 fully saturated rings. The molecular formula is C30H38ClN5O2. The highest BCUT2D eigenvalue weighted by atomic mass is 35.5. The second-order valence-corrected chi connectivity index (χ2v) is 10.6. The van der Waals surface area contributed by atoms with Crippen molar-refractivity contribution in [3.8, 4) is 0 Å². The van der Waals surface area contributed by atoms with Crippen molar-refractivity contribution in [3.05, 3.63) is 81.6 Å². The Morgan fingerprint density at radius 3 is 2.45 bits per heavy atom. The molecule has 0 radical (unpaired) electrons. The highest BCUT2D eigenvalue weighted by Gasteiger charge is 2.23. The van der Waals surface area contributed by atoms with Crippen molar-refractivity contribution in [1.82, 2.24) is 19.6 Å². The van der Waals surface area contributed by atoms with E-state index in [-0.39, 0.29) is 11.8 Å². The lowest BCUT2D eigenvalue weighted by Crippen LogP contribution is -2.38. The van der Waals surface area contributed by atoms with Crippen molar-refractivity contribution in [2.24, 2.45) is 7.05 Å². The number of halogens is 1. The molecule has 8 heteroatoms. The Hall–Kier alpha value is -3.16. The Morgan fingerprint density at radius 2 is 1.76 bits per heavy atom. The lowest BCUT2D eigenvalue weighted by atomic mass is 10.1. The van der Waals surface area contributed by atoms with Crippen LogP contribution in [0, 0.1) is 13.8 Å². The van der Waals surface area contributed by atoms with E-state index in [9.17, 15) is 9.59 Å². The summed E-state index contributed by atoms with van der Waals surface area (Å²) in [6, 6.07) is 16.0. The Labute approximate surface area is 231 Å². The molecule has 202 valence electrons. The van der Waals surface area contributed by atoms with Crippen molar-refractivity contribution < 1.29 is 9.59 Å². The minimum absolute atomic E-state index is 0.0113. The predicted octanol–water partition coefficient (Wildman–Crippen LogP) is 4.91. The molecular weight excluding hydrogens is 498 g/mol. The summed E-state index contributed by atoms with van der Waals surface area (Å²) in [5.74, 6) is 0.0784. The van der Waals surface area contributed by atoms with Crippen LogP contribution in [0.5, 0.6) is 0 Å². The molecule has 0 spiro atoms. The van der Waals surface area contributed by atoms with Crippen LogP contribution >= 0.6 is 11.6 Å². The molecule has 4 rings (SSSR count). The normalized spacial score (nSPS) is 15.2. The van der Waals surface area contributed by atoms with Crippen LogP contribution in [0.4, 0.5) is 5.69 Å². The topological polar surface area (TPSA) is 61.7 Å². The van der Waals surface area contributed by atoms with Crippen LogP contribution in [-0.2, 0) is 36.1 Å². The van der Waals surface area contributed by atoms with Crippen LogP contribution in [0.1, 0.15) is 47.8 Å². The van der Waals surface area contributed by atoms with Crippen LogP contribution in [0.3, 0.4) is 0 Å². The highest BCUT2D eigenvalue weighted by Crippen LogP contribution is 2.27. The average molecular weight is 536 g/mol. The number of fused-ring (bicyclic) bond motifs is 1. The Bertz CT molecular complexity index is 1270. The van der Waals surface area contributed by atoms with Gasteiger partial charge < -0.3 is 9.80 Å². The number of aromatic nitrogens is 2. The summed E-state index contributed by atoms with van der Waals surface area (Å²) in [6.45, 7) is 9.64. The molecule has 0 unspecified atom stereocenters. The third-order valence-electron chi connectivity index (χ3n) is 7.47. The second kappa shape index (κ2) is 12.6. The van der Waals surface area contributed by atoms with Gasteiger partial charge in [-0.3, -0.25) is 19.2 Å². The van der Waals surface area contributed by atoms with E-state index in [0.717, 1.165) is 54.3 Å². The van der Waals surface area contributed by atoms with Crippen LogP contribution in [0.2, 0.25) is 5.02 Å². The minimum atomic E-state index is -0.0113. The molecule has 1 aliphatic rings. The minimum Gasteiger partial charge on any atom is -0.337 e. The van der Waals surface area contributed by atoms with E-state index in [0.29, 0.717) is 37.5 Å². The van der Waals surface area contributed by atoms with Crippen molar-refractivity contribution in [2.75, 3.05) is 31.1 Å². The first-order valence-electron chi connectivity index (χ1n) is 13.3. The number of aryl methyl sites for hydroxylation is 2. The van der Waals surface area contributed by atoms with Gasteiger partial charge in [-0.05, 0) is 61.6 Å². The maximum Gasteiger partial charge on any atom is 0.223 e. The zero-order valence-corrected chi connectivity index (χ0v) is 23.7. The lowest BCUT2D eigenvalue weighted by Gasteiger charge is -2.28. The first kappa shape index (κ1) is 27.9.